The largest absolute Gasteiger partial charge is 0.457 e. The van der Waals surface area contributed by atoms with Crippen LogP contribution in [-0.4, -0.2) is 25.6 Å². The summed E-state index contributed by atoms with van der Waals surface area (Å²) in [5.74, 6) is -0.190. The first-order chi connectivity index (χ1) is 8.27. The number of hydrogen-bond donors (Lipinski definition) is 2. The van der Waals surface area contributed by atoms with Crippen LogP contribution < -0.4 is 10.6 Å². The first kappa shape index (κ1) is 10.7. The number of esters is 1. The molecule has 0 spiro atoms. The van der Waals surface area contributed by atoms with Crippen molar-refractivity contribution in [3.8, 4) is 0 Å². The van der Waals surface area contributed by atoms with Crippen LogP contribution in [0.3, 0.4) is 0 Å². The number of rotatable bonds is 1. The van der Waals surface area contributed by atoms with Crippen molar-refractivity contribution >= 4 is 5.97 Å². The number of carbonyl (C=O) groups excluding carboxylic acids is 1. The molecule has 1 aromatic carbocycles. The highest BCUT2D eigenvalue weighted by atomic mass is 16.5. The van der Waals surface area contributed by atoms with Crippen molar-refractivity contribution in [2.75, 3.05) is 19.6 Å². The Labute approximate surface area is 100 Å². The van der Waals surface area contributed by atoms with E-state index < -0.39 is 0 Å². The van der Waals surface area contributed by atoms with Crippen LogP contribution >= 0.6 is 0 Å². The lowest BCUT2D eigenvalue weighted by Gasteiger charge is -2.26. The number of ether oxygens (including phenoxy) is 1. The molecule has 3 rings (SSSR count). The highest BCUT2D eigenvalue weighted by molar-refractivity contribution is 5.93. The van der Waals surface area contributed by atoms with Crippen molar-refractivity contribution in [3.63, 3.8) is 0 Å². The SMILES string of the molecule is Cc1c([C@H]2CNCCN2)ccc2c1COC2=O. The van der Waals surface area contributed by atoms with Gasteiger partial charge in [-0.05, 0) is 24.1 Å². The Morgan fingerprint density at radius 3 is 3.00 bits per heavy atom. The molecule has 0 radical (unpaired) electrons. The Bertz CT molecular complexity index is 465. The molecule has 0 amide bonds. The van der Waals surface area contributed by atoms with Gasteiger partial charge in [0.15, 0.2) is 0 Å². The maximum atomic E-state index is 11.5. The van der Waals surface area contributed by atoms with Gasteiger partial charge in [0.05, 0.1) is 5.56 Å². The summed E-state index contributed by atoms with van der Waals surface area (Å²) in [6.07, 6.45) is 0. The summed E-state index contributed by atoms with van der Waals surface area (Å²) in [5.41, 5.74) is 4.25. The van der Waals surface area contributed by atoms with Gasteiger partial charge in [-0.15, -0.1) is 0 Å². The molecule has 0 bridgehead atoms. The highest BCUT2D eigenvalue weighted by Gasteiger charge is 2.26. The van der Waals surface area contributed by atoms with E-state index in [4.69, 9.17) is 4.74 Å². The molecule has 0 aromatic heterocycles. The fourth-order valence-electron chi connectivity index (χ4n) is 2.62. The van der Waals surface area contributed by atoms with Gasteiger partial charge in [0.1, 0.15) is 6.61 Å². The first-order valence-electron chi connectivity index (χ1n) is 6.01. The third kappa shape index (κ3) is 1.73. The zero-order valence-corrected chi connectivity index (χ0v) is 9.88. The van der Waals surface area contributed by atoms with E-state index in [1.54, 1.807) is 0 Å². The number of cyclic esters (lactones) is 1. The maximum absolute atomic E-state index is 11.5. The lowest BCUT2D eigenvalue weighted by molar-refractivity contribution is 0.0535. The molecule has 90 valence electrons. The second kappa shape index (κ2) is 4.13. The zero-order chi connectivity index (χ0) is 11.8. The molecule has 4 nitrogen and oxygen atoms in total. The minimum atomic E-state index is -0.190. The summed E-state index contributed by atoms with van der Waals surface area (Å²) >= 11 is 0. The van der Waals surface area contributed by atoms with E-state index in [0.29, 0.717) is 12.6 Å². The van der Waals surface area contributed by atoms with Gasteiger partial charge >= 0.3 is 5.97 Å². The number of carbonyl (C=O) groups is 1. The fraction of sp³-hybridized carbons (Fsp3) is 0.462. The van der Waals surface area contributed by atoms with Gasteiger partial charge in [-0.2, -0.15) is 0 Å². The molecular formula is C13H16N2O2. The molecule has 0 aliphatic carbocycles. The molecule has 2 heterocycles. The van der Waals surface area contributed by atoms with Crippen LogP contribution in [-0.2, 0) is 11.3 Å². The molecule has 1 atom stereocenters. The standard InChI is InChI=1S/C13H16N2O2/c1-8-9(12-6-14-4-5-15-12)2-3-10-11(8)7-17-13(10)16/h2-3,12,14-15H,4-7H2,1H3/t12-/m1/s1. The Morgan fingerprint density at radius 2 is 2.24 bits per heavy atom. The molecule has 2 aliphatic heterocycles. The molecular weight excluding hydrogens is 216 g/mol. The third-order valence-electron chi connectivity index (χ3n) is 3.62. The van der Waals surface area contributed by atoms with Crippen LogP contribution in [0.25, 0.3) is 0 Å². The smallest absolute Gasteiger partial charge is 0.338 e. The predicted octanol–water partition coefficient (Wildman–Crippen LogP) is 0.899. The molecule has 2 aliphatic rings. The quantitative estimate of drug-likeness (QED) is 0.706. The van der Waals surface area contributed by atoms with E-state index in [1.165, 1.54) is 11.1 Å². The van der Waals surface area contributed by atoms with Crippen LogP contribution in [0, 0.1) is 6.92 Å². The van der Waals surface area contributed by atoms with Crippen LogP contribution in [0.5, 0.6) is 0 Å². The first-order valence-corrected chi connectivity index (χ1v) is 6.01. The third-order valence-corrected chi connectivity index (χ3v) is 3.62. The van der Waals surface area contributed by atoms with Crippen molar-refractivity contribution in [2.24, 2.45) is 0 Å². The van der Waals surface area contributed by atoms with Gasteiger partial charge < -0.3 is 15.4 Å². The molecule has 2 N–H and O–H groups in total. The number of nitrogens with one attached hydrogen (secondary N) is 2. The van der Waals surface area contributed by atoms with Gasteiger partial charge in [0.25, 0.3) is 0 Å². The van der Waals surface area contributed by atoms with Gasteiger partial charge in [-0.25, -0.2) is 4.79 Å². The van der Waals surface area contributed by atoms with Crippen molar-refractivity contribution in [1.29, 1.82) is 0 Å². The number of piperazine rings is 1. The van der Waals surface area contributed by atoms with Crippen LogP contribution in [0.1, 0.15) is 33.1 Å². The molecule has 1 aromatic rings. The average molecular weight is 232 g/mol. The minimum Gasteiger partial charge on any atom is -0.457 e. The second-order valence-electron chi connectivity index (χ2n) is 4.59. The Morgan fingerprint density at radius 1 is 1.35 bits per heavy atom. The molecule has 17 heavy (non-hydrogen) atoms. The minimum absolute atomic E-state index is 0.190. The predicted molar refractivity (Wildman–Crippen MR) is 63.9 cm³/mol. The highest BCUT2D eigenvalue weighted by Crippen LogP contribution is 2.29. The average Bonchev–Trinajstić information content (AvgIpc) is 2.74. The van der Waals surface area contributed by atoms with Gasteiger partial charge in [0.2, 0.25) is 0 Å². The van der Waals surface area contributed by atoms with E-state index in [0.717, 1.165) is 30.8 Å². The lowest BCUT2D eigenvalue weighted by atomic mass is 9.93. The van der Waals surface area contributed by atoms with Gasteiger partial charge in [0, 0.05) is 31.2 Å². The Balaban J connectivity index is 1.99. The van der Waals surface area contributed by atoms with E-state index in [-0.39, 0.29) is 5.97 Å². The van der Waals surface area contributed by atoms with Crippen molar-refractivity contribution in [2.45, 2.75) is 19.6 Å². The molecule has 1 fully saturated rings. The van der Waals surface area contributed by atoms with Gasteiger partial charge in [-0.1, -0.05) is 6.07 Å². The Hall–Kier alpha value is -1.39. The van der Waals surface area contributed by atoms with E-state index in [9.17, 15) is 4.79 Å². The summed E-state index contributed by atoms with van der Waals surface area (Å²) in [4.78, 5) is 11.5. The van der Waals surface area contributed by atoms with Gasteiger partial charge in [-0.3, -0.25) is 0 Å². The van der Waals surface area contributed by atoms with Crippen LogP contribution in [0.2, 0.25) is 0 Å². The summed E-state index contributed by atoms with van der Waals surface area (Å²) in [6, 6.07) is 4.28. The topological polar surface area (TPSA) is 50.4 Å². The molecule has 0 unspecified atom stereocenters. The molecule has 1 saturated heterocycles. The summed E-state index contributed by atoms with van der Waals surface area (Å²) in [5, 5.41) is 6.87. The van der Waals surface area contributed by atoms with E-state index in [1.807, 2.05) is 12.1 Å². The molecule has 0 saturated carbocycles. The zero-order valence-electron chi connectivity index (χ0n) is 9.88. The van der Waals surface area contributed by atoms with Crippen molar-refractivity contribution < 1.29 is 9.53 Å². The van der Waals surface area contributed by atoms with Crippen LogP contribution in [0.4, 0.5) is 0 Å². The number of fused-ring (bicyclic) bond motifs is 1. The van der Waals surface area contributed by atoms with E-state index >= 15 is 0 Å². The summed E-state index contributed by atoms with van der Waals surface area (Å²) in [6.45, 7) is 5.44. The number of hydrogen-bond acceptors (Lipinski definition) is 4. The summed E-state index contributed by atoms with van der Waals surface area (Å²) < 4.78 is 5.07. The lowest BCUT2D eigenvalue weighted by Crippen LogP contribution is -2.42. The maximum Gasteiger partial charge on any atom is 0.338 e. The summed E-state index contributed by atoms with van der Waals surface area (Å²) in [7, 11) is 0. The second-order valence-corrected chi connectivity index (χ2v) is 4.59. The van der Waals surface area contributed by atoms with E-state index in [2.05, 4.69) is 17.6 Å². The van der Waals surface area contributed by atoms with Crippen molar-refractivity contribution in [3.05, 3.63) is 34.4 Å². The monoisotopic (exact) mass is 232 g/mol. The number of benzene rings is 1. The molecule has 4 heteroatoms. The fourth-order valence-corrected chi connectivity index (χ4v) is 2.62. The normalized spacial score (nSPS) is 23.4. The Kier molecular flexibility index (Phi) is 2.61. The van der Waals surface area contributed by atoms with Crippen LogP contribution in [0.15, 0.2) is 12.1 Å². The van der Waals surface area contributed by atoms with Crippen molar-refractivity contribution in [1.82, 2.24) is 10.6 Å².